The van der Waals surface area contributed by atoms with Gasteiger partial charge in [0.15, 0.2) is 0 Å². The minimum absolute atomic E-state index is 0.372. The van der Waals surface area contributed by atoms with E-state index in [0.717, 1.165) is 10.8 Å². The van der Waals surface area contributed by atoms with E-state index >= 15 is 0 Å². The minimum atomic E-state index is -0.461. The SMILES string of the molecule is O=c1oc2ccccc2c2ncc(-c3cnc4c(c3)c(=O)oc3ccccc34)cc12. The van der Waals surface area contributed by atoms with Gasteiger partial charge in [0, 0.05) is 34.3 Å². The van der Waals surface area contributed by atoms with Crippen molar-refractivity contribution in [1.82, 2.24) is 9.97 Å². The van der Waals surface area contributed by atoms with Crippen LogP contribution in [0.4, 0.5) is 0 Å². The fourth-order valence-corrected chi connectivity index (χ4v) is 3.80. The maximum atomic E-state index is 12.5. The Morgan fingerprint density at radius 2 is 1.00 bits per heavy atom. The number of hydrogen-bond donors (Lipinski definition) is 0. The highest BCUT2D eigenvalue weighted by Gasteiger charge is 2.13. The standard InChI is InChI=1S/C24H12N2O4/c27-23-17-9-13(11-25-21(17)15-5-1-3-7-19(15)29-23)14-10-18-22(26-12-14)16-6-2-4-8-20(16)30-24(18)28/h1-12H. The van der Waals surface area contributed by atoms with Gasteiger partial charge in [0.25, 0.3) is 0 Å². The van der Waals surface area contributed by atoms with E-state index in [1.165, 1.54) is 0 Å². The van der Waals surface area contributed by atoms with Gasteiger partial charge >= 0.3 is 11.3 Å². The van der Waals surface area contributed by atoms with Crippen molar-refractivity contribution < 1.29 is 8.83 Å². The molecule has 0 spiro atoms. The maximum Gasteiger partial charge on any atom is 0.345 e. The number of para-hydroxylation sites is 2. The van der Waals surface area contributed by atoms with Crippen LogP contribution in [-0.4, -0.2) is 9.97 Å². The second-order valence-corrected chi connectivity index (χ2v) is 7.01. The fourth-order valence-electron chi connectivity index (χ4n) is 3.80. The molecule has 0 atom stereocenters. The summed E-state index contributed by atoms with van der Waals surface area (Å²) in [5.74, 6) is 0. The third-order valence-electron chi connectivity index (χ3n) is 5.24. The third kappa shape index (κ3) is 2.37. The van der Waals surface area contributed by atoms with Gasteiger partial charge in [0.2, 0.25) is 0 Å². The molecule has 0 N–H and O–H groups in total. The van der Waals surface area contributed by atoms with Crippen LogP contribution in [0.3, 0.4) is 0 Å². The van der Waals surface area contributed by atoms with Gasteiger partial charge < -0.3 is 8.83 Å². The lowest BCUT2D eigenvalue weighted by Crippen LogP contribution is -2.03. The van der Waals surface area contributed by atoms with Gasteiger partial charge in [-0.25, -0.2) is 9.59 Å². The summed E-state index contributed by atoms with van der Waals surface area (Å²) in [6.45, 7) is 0. The van der Waals surface area contributed by atoms with Crippen LogP contribution in [0, 0.1) is 0 Å². The van der Waals surface area contributed by atoms with Crippen molar-refractivity contribution in [3.63, 3.8) is 0 Å². The fraction of sp³-hybridized carbons (Fsp3) is 0. The molecule has 0 unspecified atom stereocenters. The largest absolute Gasteiger partial charge is 0.422 e. The Hall–Kier alpha value is -4.32. The summed E-state index contributed by atoms with van der Waals surface area (Å²) in [7, 11) is 0. The first-order valence-electron chi connectivity index (χ1n) is 9.33. The highest BCUT2D eigenvalue weighted by atomic mass is 16.4. The summed E-state index contributed by atoms with van der Waals surface area (Å²) in [6, 6.07) is 18.0. The Morgan fingerprint density at radius 3 is 1.47 bits per heavy atom. The molecule has 0 radical (unpaired) electrons. The number of benzene rings is 2. The van der Waals surface area contributed by atoms with E-state index in [9.17, 15) is 9.59 Å². The van der Waals surface area contributed by atoms with E-state index in [4.69, 9.17) is 8.83 Å². The summed E-state index contributed by atoms with van der Waals surface area (Å²) in [5, 5.41) is 2.28. The van der Waals surface area contributed by atoms with Crippen LogP contribution in [0.15, 0.2) is 91.5 Å². The van der Waals surface area contributed by atoms with Crippen molar-refractivity contribution in [2.24, 2.45) is 0 Å². The molecule has 6 rings (SSSR count). The van der Waals surface area contributed by atoms with E-state index in [-0.39, 0.29) is 0 Å². The molecule has 142 valence electrons. The van der Waals surface area contributed by atoms with Gasteiger partial charge in [-0.2, -0.15) is 0 Å². The van der Waals surface area contributed by atoms with Crippen molar-refractivity contribution >= 4 is 43.7 Å². The summed E-state index contributed by atoms with van der Waals surface area (Å²) in [6.07, 6.45) is 3.33. The van der Waals surface area contributed by atoms with Crippen LogP contribution in [-0.2, 0) is 0 Å². The Labute approximate surface area is 168 Å². The number of pyridine rings is 2. The van der Waals surface area contributed by atoms with E-state index in [0.29, 0.717) is 44.1 Å². The van der Waals surface area contributed by atoms with Crippen LogP contribution in [0.2, 0.25) is 0 Å². The van der Waals surface area contributed by atoms with Crippen LogP contribution in [0.1, 0.15) is 0 Å². The van der Waals surface area contributed by atoms with Crippen molar-refractivity contribution in [2.75, 3.05) is 0 Å². The summed E-state index contributed by atoms with van der Waals surface area (Å²) in [5.41, 5.74) is 2.53. The zero-order valence-corrected chi connectivity index (χ0v) is 15.5. The second kappa shape index (κ2) is 6.09. The number of fused-ring (bicyclic) bond motifs is 6. The molecule has 30 heavy (non-hydrogen) atoms. The normalized spacial score (nSPS) is 11.6. The van der Waals surface area contributed by atoms with Gasteiger partial charge in [-0.05, 0) is 36.4 Å². The molecule has 6 aromatic rings. The molecule has 0 saturated carbocycles. The molecule has 0 aliphatic rings. The van der Waals surface area contributed by atoms with Gasteiger partial charge in [0.05, 0.1) is 21.8 Å². The lowest BCUT2D eigenvalue weighted by Gasteiger charge is -2.07. The quantitative estimate of drug-likeness (QED) is 0.299. The summed E-state index contributed by atoms with van der Waals surface area (Å²) < 4.78 is 10.9. The van der Waals surface area contributed by atoms with Crippen LogP contribution in [0.25, 0.3) is 54.9 Å². The maximum absolute atomic E-state index is 12.5. The highest BCUT2D eigenvalue weighted by molar-refractivity contribution is 6.04. The molecule has 4 aromatic heterocycles. The molecule has 2 aromatic carbocycles. The first-order valence-corrected chi connectivity index (χ1v) is 9.33. The van der Waals surface area contributed by atoms with Gasteiger partial charge in [-0.1, -0.05) is 24.3 Å². The van der Waals surface area contributed by atoms with Gasteiger partial charge in [-0.3, -0.25) is 9.97 Å². The van der Waals surface area contributed by atoms with E-state index in [2.05, 4.69) is 9.97 Å². The van der Waals surface area contributed by atoms with Crippen molar-refractivity contribution in [3.8, 4) is 11.1 Å². The topological polar surface area (TPSA) is 86.2 Å². The van der Waals surface area contributed by atoms with Crippen LogP contribution >= 0.6 is 0 Å². The van der Waals surface area contributed by atoms with Crippen molar-refractivity contribution in [2.45, 2.75) is 0 Å². The minimum Gasteiger partial charge on any atom is -0.422 e. The zero-order valence-electron chi connectivity index (χ0n) is 15.5. The highest BCUT2D eigenvalue weighted by Crippen LogP contribution is 2.28. The zero-order chi connectivity index (χ0) is 20.2. The molecule has 0 bridgehead atoms. The molecule has 6 heteroatoms. The van der Waals surface area contributed by atoms with Crippen molar-refractivity contribution in [1.29, 1.82) is 0 Å². The first kappa shape index (κ1) is 16.6. The Bertz CT molecular complexity index is 1620. The predicted molar refractivity (Wildman–Crippen MR) is 115 cm³/mol. The number of rotatable bonds is 1. The van der Waals surface area contributed by atoms with E-state index in [1.807, 2.05) is 36.4 Å². The Morgan fingerprint density at radius 1 is 0.567 bits per heavy atom. The summed E-state index contributed by atoms with van der Waals surface area (Å²) >= 11 is 0. The lowest BCUT2D eigenvalue weighted by molar-refractivity contribution is 0.569. The summed E-state index contributed by atoms with van der Waals surface area (Å²) in [4.78, 5) is 34.0. The van der Waals surface area contributed by atoms with Crippen LogP contribution < -0.4 is 11.3 Å². The number of hydrogen-bond acceptors (Lipinski definition) is 6. The average molecular weight is 392 g/mol. The Balaban J connectivity index is 1.61. The molecular weight excluding hydrogens is 380 g/mol. The monoisotopic (exact) mass is 392 g/mol. The van der Waals surface area contributed by atoms with E-state index < -0.39 is 11.3 Å². The predicted octanol–water partition coefficient (Wildman–Crippen LogP) is 4.66. The van der Waals surface area contributed by atoms with Crippen LogP contribution in [0.5, 0.6) is 0 Å². The molecule has 4 heterocycles. The van der Waals surface area contributed by atoms with Crippen molar-refractivity contribution in [3.05, 3.63) is 93.9 Å². The smallest absolute Gasteiger partial charge is 0.345 e. The molecule has 0 amide bonds. The first-order chi connectivity index (χ1) is 14.7. The van der Waals surface area contributed by atoms with E-state index in [1.54, 1.807) is 36.7 Å². The molecular formula is C24H12N2O4. The van der Waals surface area contributed by atoms with Gasteiger partial charge in [0.1, 0.15) is 11.2 Å². The molecule has 0 saturated heterocycles. The second-order valence-electron chi connectivity index (χ2n) is 7.01. The third-order valence-corrected chi connectivity index (χ3v) is 5.24. The molecule has 0 fully saturated rings. The Kier molecular flexibility index (Phi) is 3.37. The number of nitrogens with zero attached hydrogens (tertiary/aromatic N) is 2. The molecule has 0 aliphatic heterocycles. The molecule has 0 aliphatic carbocycles. The number of aromatic nitrogens is 2. The average Bonchev–Trinajstić information content (AvgIpc) is 2.79. The lowest BCUT2D eigenvalue weighted by atomic mass is 10.0. The van der Waals surface area contributed by atoms with Gasteiger partial charge in [-0.15, -0.1) is 0 Å². The molecule has 6 nitrogen and oxygen atoms in total.